The standard InChI is InChI=1S/C11H24N2O2S/c1-5-13(10-6-8-12-9-7-10)16(14,15)11(2,3)4/h10,12H,5-9H2,1-4H3. The highest BCUT2D eigenvalue weighted by atomic mass is 32.2. The summed E-state index contributed by atoms with van der Waals surface area (Å²) < 4.78 is 25.8. The van der Waals surface area contributed by atoms with Crippen molar-refractivity contribution >= 4 is 10.0 Å². The fourth-order valence-corrected chi connectivity index (χ4v) is 3.72. The van der Waals surface area contributed by atoms with Gasteiger partial charge in [0.1, 0.15) is 0 Å². The molecule has 0 aromatic rings. The zero-order valence-electron chi connectivity index (χ0n) is 10.8. The molecule has 1 heterocycles. The molecule has 5 heteroatoms. The van der Waals surface area contributed by atoms with Gasteiger partial charge in [-0.2, -0.15) is 4.31 Å². The molecule has 1 rings (SSSR count). The van der Waals surface area contributed by atoms with Crippen LogP contribution in [0, 0.1) is 0 Å². The summed E-state index contributed by atoms with van der Waals surface area (Å²) in [6.07, 6.45) is 1.84. The van der Waals surface area contributed by atoms with Crippen LogP contribution in [0.2, 0.25) is 0 Å². The van der Waals surface area contributed by atoms with Gasteiger partial charge in [0.15, 0.2) is 0 Å². The van der Waals surface area contributed by atoms with Crippen LogP contribution in [0.3, 0.4) is 0 Å². The van der Waals surface area contributed by atoms with Crippen LogP contribution in [0.4, 0.5) is 0 Å². The maximum absolute atomic E-state index is 12.4. The van der Waals surface area contributed by atoms with Crippen molar-refractivity contribution in [3.05, 3.63) is 0 Å². The van der Waals surface area contributed by atoms with E-state index in [0.29, 0.717) is 6.54 Å². The van der Waals surface area contributed by atoms with Crippen LogP contribution in [0.15, 0.2) is 0 Å². The molecule has 0 aromatic carbocycles. The summed E-state index contributed by atoms with van der Waals surface area (Å²) in [6.45, 7) is 9.64. The Morgan fingerprint density at radius 1 is 1.25 bits per heavy atom. The fraction of sp³-hybridized carbons (Fsp3) is 1.00. The second-order valence-electron chi connectivity index (χ2n) is 5.30. The summed E-state index contributed by atoms with van der Waals surface area (Å²) in [5.41, 5.74) is 0. The SMILES string of the molecule is CCN(C1CCNCC1)S(=O)(=O)C(C)(C)C. The maximum Gasteiger partial charge on any atom is 0.219 e. The minimum absolute atomic E-state index is 0.176. The predicted molar refractivity (Wildman–Crippen MR) is 66.9 cm³/mol. The first-order chi connectivity index (χ1) is 7.30. The summed E-state index contributed by atoms with van der Waals surface area (Å²) >= 11 is 0. The Morgan fingerprint density at radius 2 is 1.75 bits per heavy atom. The zero-order valence-corrected chi connectivity index (χ0v) is 11.6. The lowest BCUT2D eigenvalue weighted by atomic mass is 10.1. The molecule has 96 valence electrons. The summed E-state index contributed by atoms with van der Waals surface area (Å²) in [4.78, 5) is 0. The van der Waals surface area contributed by atoms with E-state index in [4.69, 9.17) is 0 Å². The van der Waals surface area contributed by atoms with Crippen LogP contribution in [0.5, 0.6) is 0 Å². The molecule has 1 saturated heterocycles. The highest BCUT2D eigenvalue weighted by Crippen LogP contribution is 2.25. The smallest absolute Gasteiger partial charge is 0.219 e. The lowest BCUT2D eigenvalue weighted by Crippen LogP contribution is -2.51. The molecule has 1 fully saturated rings. The third kappa shape index (κ3) is 2.76. The van der Waals surface area contributed by atoms with Gasteiger partial charge in [0, 0.05) is 12.6 Å². The van der Waals surface area contributed by atoms with Gasteiger partial charge in [-0.15, -0.1) is 0 Å². The molecule has 0 spiro atoms. The Bertz CT molecular complexity index is 313. The molecule has 1 N–H and O–H groups in total. The molecule has 0 atom stereocenters. The molecule has 0 amide bonds. The first-order valence-electron chi connectivity index (χ1n) is 6.03. The van der Waals surface area contributed by atoms with E-state index in [1.54, 1.807) is 25.1 Å². The number of nitrogens with zero attached hydrogens (tertiary/aromatic N) is 1. The van der Waals surface area contributed by atoms with Gasteiger partial charge >= 0.3 is 0 Å². The van der Waals surface area contributed by atoms with Gasteiger partial charge in [0.25, 0.3) is 0 Å². The van der Waals surface area contributed by atoms with Gasteiger partial charge in [-0.1, -0.05) is 6.92 Å². The van der Waals surface area contributed by atoms with Gasteiger partial charge in [-0.3, -0.25) is 0 Å². The second-order valence-corrected chi connectivity index (χ2v) is 7.95. The second kappa shape index (κ2) is 5.02. The molecule has 0 saturated carbocycles. The number of hydrogen-bond donors (Lipinski definition) is 1. The molecule has 4 nitrogen and oxygen atoms in total. The largest absolute Gasteiger partial charge is 0.317 e. The third-order valence-corrected chi connectivity index (χ3v) is 5.83. The van der Waals surface area contributed by atoms with Crippen molar-refractivity contribution < 1.29 is 8.42 Å². The van der Waals surface area contributed by atoms with Gasteiger partial charge in [-0.25, -0.2) is 8.42 Å². The molecule has 0 bridgehead atoms. The first kappa shape index (κ1) is 13.9. The highest BCUT2D eigenvalue weighted by molar-refractivity contribution is 7.90. The van der Waals surface area contributed by atoms with Crippen molar-refractivity contribution in [3.8, 4) is 0 Å². The summed E-state index contributed by atoms with van der Waals surface area (Å²) in [5.74, 6) is 0. The third-order valence-electron chi connectivity index (χ3n) is 3.11. The average molecular weight is 248 g/mol. The Labute approximate surface area is 99.5 Å². The van der Waals surface area contributed by atoms with E-state index in [2.05, 4.69) is 5.32 Å². The monoisotopic (exact) mass is 248 g/mol. The Kier molecular flexibility index (Phi) is 4.37. The van der Waals surface area contributed by atoms with Crippen molar-refractivity contribution in [2.45, 2.75) is 51.3 Å². The van der Waals surface area contributed by atoms with Gasteiger partial charge in [-0.05, 0) is 46.7 Å². The highest BCUT2D eigenvalue weighted by Gasteiger charge is 2.38. The number of piperidine rings is 1. The van der Waals surface area contributed by atoms with E-state index in [0.717, 1.165) is 25.9 Å². The van der Waals surface area contributed by atoms with Crippen LogP contribution in [-0.2, 0) is 10.0 Å². The van der Waals surface area contributed by atoms with Gasteiger partial charge < -0.3 is 5.32 Å². The normalized spacial score (nSPS) is 20.3. The van der Waals surface area contributed by atoms with Crippen LogP contribution in [0.1, 0.15) is 40.5 Å². The zero-order chi connectivity index (χ0) is 12.4. The number of hydrogen-bond acceptors (Lipinski definition) is 3. The van der Waals surface area contributed by atoms with Crippen molar-refractivity contribution in [1.82, 2.24) is 9.62 Å². The van der Waals surface area contributed by atoms with E-state index >= 15 is 0 Å². The first-order valence-corrected chi connectivity index (χ1v) is 7.47. The summed E-state index contributed by atoms with van der Waals surface area (Å²) in [6, 6.07) is 0.176. The molecule has 0 aromatic heterocycles. The molecular formula is C11H24N2O2S. The molecule has 1 aliphatic rings. The molecule has 1 aliphatic heterocycles. The van der Waals surface area contributed by atoms with Crippen LogP contribution < -0.4 is 5.32 Å². The van der Waals surface area contributed by atoms with Crippen molar-refractivity contribution in [2.24, 2.45) is 0 Å². The van der Waals surface area contributed by atoms with E-state index in [-0.39, 0.29) is 6.04 Å². The predicted octanol–water partition coefficient (Wildman–Crippen LogP) is 1.19. The van der Waals surface area contributed by atoms with Gasteiger partial charge in [0.2, 0.25) is 10.0 Å². The summed E-state index contributed by atoms with van der Waals surface area (Å²) in [7, 11) is -3.18. The van der Waals surface area contributed by atoms with Crippen LogP contribution >= 0.6 is 0 Å². The number of sulfonamides is 1. The van der Waals surface area contributed by atoms with E-state index in [1.165, 1.54) is 0 Å². The molecule has 0 aliphatic carbocycles. The molecule has 0 unspecified atom stereocenters. The minimum atomic E-state index is -3.18. The van der Waals surface area contributed by atoms with Crippen LogP contribution in [-0.4, -0.2) is 43.1 Å². The van der Waals surface area contributed by atoms with Crippen molar-refractivity contribution in [3.63, 3.8) is 0 Å². The van der Waals surface area contributed by atoms with Gasteiger partial charge in [0.05, 0.1) is 4.75 Å². The lowest BCUT2D eigenvalue weighted by molar-refractivity contribution is 0.265. The Morgan fingerprint density at radius 3 is 2.12 bits per heavy atom. The number of nitrogens with one attached hydrogen (secondary N) is 1. The quantitative estimate of drug-likeness (QED) is 0.816. The lowest BCUT2D eigenvalue weighted by Gasteiger charge is -2.37. The van der Waals surface area contributed by atoms with E-state index in [9.17, 15) is 8.42 Å². The van der Waals surface area contributed by atoms with Crippen molar-refractivity contribution in [2.75, 3.05) is 19.6 Å². The maximum atomic E-state index is 12.4. The van der Waals surface area contributed by atoms with E-state index < -0.39 is 14.8 Å². The molecular weight excluding hydrogens is 224 g/mol. The minimum Gasteiger partial charge on any atom is -0.317 e. The Balaban J connectivity index is 2.89. The Hall–Kier alpha value is -0.130. The van der Waals surface area contributed by atoms with Crippen molar-refractivity contribution in [1.29, 1.82) is 0 Å². The fourth-order valence-electron chi connectivity index (χ4n) is 2.07. The molecule has 0 radical (unpaired) electrons. The molecule has 16 heavy (non-hydrogen) atoms. The average Bonchev–Trinajstić information content (AvgIpc) is 2.18. The number of rotatable bonds is 3. The summed E-state index contributed by atoms with van der Waals surface area (Å²) in [5, 5.41) is 3.26. The topological polar surface area (TPSA) is 49.4 Å². The van der Waals surface area contributed by atoms with Crippen LogP contribution in [0.25, 0.3) is 0 Å². The van der Waals surface area contributed by atoms with E-state index in [1.807, 2.05) is 6.92 Å².